The first-order chi connectivity index (χ1) is 10.00. The number of anilines is 1. The van der Waals surface area contributed by atoms with E-state index < -0.39 is 10.0 Å². The van der Waals surface area contributed by atoms with Gasteiger partial charge in [0.05, 0.1) is 4.90 Å². The first kappa shape index (κ1) is 14.6. The Morgan fingerprint density at radius 2 is 1.86 bits per heavy atom. The van der Waals surface area contributed by atoms with Gasteiger partial charge in [0.25, 0.3) is 0 Å². The lowest BCUT2D eigenvalue weighted by molar-refractivity contribution is 0.391. The summed E-state index contributed by atoms with van der Waals surface area (Å²) in [6.07, 6.45) is 0.645. The van der Waals surface area contributed by atoms with Crippen molar-refractivity contribution >= 4 is 31.6 Å². The van der Waals surface area contributed by atoms with Crippen LogP contribution in [-0.2, 0) is 23.0 Å². The molecule has 0 bridgehead atoms. The number of hydrogen-bond donors (Lipinski definition) is 1. The Morgan fingerprint density at radius 3 is 2.62 bits per heavy atom. The Bertz CT molecular complexity index is 790. The van der Waals surface area contributed by atoms with Crippen LogP contribution in [0.2, 0.25) is 0 Å². The van der Waals surface area contributed by atoms with Gasteiger partial charge in [-0.3, -0.25) is 0 Å². The monoisotopic (exact) mass is 366 g/mol. The molecular formula is C15H15BrN2O2S. The highest BCUT2D eigenvalue weighted by Crippen LogP contribution is 2.30. The third kappa shape index (κ3) is 2.59. The summed E-state index contributed by atoms with van der Waals surface area (Å²) in [5.74, 6) is 0. The molecule has 1 aliphatic heterocycles. The fraction of sp³-hybridized carbons (Fsp3) is 0.200. The Kier molecular flexibility index (Phi) is 3.77. The molecule has 0 atom stereocenters. The number of benzene rings is 2. The molecule has 0 fully saturated rings. The van der Waals surface area contributed by atoms with E-state index in [9.17, 15) is 8.42 Å². The number of nitrogens with two attached hydrogens (primary N) is 1. The molecule has 21 heavy (non-hydrogen) atoms. The van der Waals surface area contributed by atoms with Crippen molar-refractivity contribution in [1.82, 2.24) is 4.31 Å². The first-order valence-corrected chi connectivity index (χ1v) is 8.84. The number of nitrogen functional groups attached to an aromatic ring is 1. The summed E-state index contributed by atoms with van der Waals surface area (Å²) in [5.41, 5.74) is 8.75. The molecule has 1 aliphatic rings. The topological polar surface area (TPSA) is 63.4 Å². The number of sulfonamides is 1. The number of hydrogen-bond acceptors (Lipinski definition) is 3. The van der Waals surface area contributed by atoms with Crippen LogP contribution in [0.1, 0.15) is 11.1 Å². The second-order valence-electron chi connectivity index (χ2n) is 5.00. The largest absolute Gasteiger partial charge is 0.398 e. The van der Waals surface area contributed by atoms with E-state index in [2.05, 4.69) is 15.9 Å². The van der Waals surface area contributed by atoms with E-state index in [0.29, 0.717) is 28.9 Å². The minimum atomic E-state index is -3.50. The molecule has 2 aromatic rings. The van der Waals surface area contributed by atoms with Crippen molar-refractivity contribution in [2.75, 3.05) is 12.3 Å². The van der Waals surface area contributed by atoms with Gasteiger partial charge in [0.2, 0.25) is 10.0 Å². The van der Waals surface area contributed by atoms with Gasteiger partial charge in [-0.15, -0.1) is 0 Å². The van der Waals surface area contributed by atoms with Crippen molar-refractivity contribution in [3.8, 4) is 0 Å². The molecule has 0 unspecified atom stereocenters. The Morgan fingerprint density at radius 1 is 1.10 bits per heavy atom. The normalized spacial score (nSPS) is 15.7. The van der Waals surface area contributed by atoms with Gasteiger partial charge in [0.15, 0.2) is 0 Å². The van der Waals surface area contributed by atoms with Crippen LogP contribution < -0.4 is 5.73 Å². The molecule has 0 amide bonds. The van der Waals surface area contributed by atoms with Crippen LogP contribution in [0.25, 0.3) is 0 Å². The maximum absolute atomic E-state index is 12.8. The molecule has 110 valence electrons. The van der Waals surface area contributed by atoms with Gasteiger partial charge in [-0.1, -0.05) is 24.3 Å². The van der Waals surface area contributed by atoms with Gasteiger partial charge in [-0.05, 0) is 51.7 Å². The fourth-order valence-corrected chi connectivity index (χ4v) is 4.99. The zero-order valence-electron chi connectivity index (χ0n) is 11.3. The summed E-state index contributed by atoms with van der Waals surface area (Å²) in [5, 5.41) is 0. The fourth-order valence-electron chi connectivity index (χ4n) is 2.61. The lowest BCUT2D eigenvalue weighted by Gasteiger charge is -2.29. The van der Waals surface area contributed by atoms with Crippen LogP contribution in [0.15, 0.2) is 51.8 Å². The molecule has 0 aliphatic carbocycles. The predicted octanol–water partition coefficient (Wildman–Crippen LogP) is 2.78. The van der Waals surface area contributed by atoms with E-state index in [-0.39, 0.29) is 0 Å². The average Bonchev–Trinajstić information content (AvgIpc) is 2.47. The molecule has 0 saturated carbocycles. The molecule has 0 spiro atoms. The van der Waals surface area contributed by atoms with Gasteiger partial charge in [-0.2, -0.15) is 4.31 Å². The maximum Gasteiger partial charge on any atom is 0.244 e. The minimum Gasteiger partial charge on any atom is -0.398 e. The smallest absolute Gasteiger partial charge is 0.244 e. The molecule has 4 nitrogen and oxygen atoms in total. The highest BCUT2D eigenvalue weighted by Gasteiger charge is 2.30. The van der Waals surface area contributed by atoms with Gasteiger partial charge >= 0.3 is 0 Å². The Balaban J connectivity index is 1.98. The van der Waals surface area contributed by atoms with Gasteiger partial charge < -0.3 is 5.73 Å². The van der Waals surface area contributed by atoms with Gasteiger partial charge in [0, 0.05) is 23.2 Å². The molecule has 0 aromatic heterocycles. The number of nitrogens with zero attached hydrogens (tertiary/aromatic N) is 1. The third-order valence-electron chi connectivity index (χ3n) is 3.72. The molecular weight excluding hydrogens is 352 g/mol. The molecule has 2 N–H and O–H groups in total. The van der Waals surface area contributed by atoms with Crippen LogP contribution >= 0.6 is 15.9 Å². The molecule has 1 heterocycles. The van der Waals surface area contributed by atoms with Crippen LogP contribution in [-0.4, -0.2) is 19.3 Å². The summed E-state index contributed by atoms with van der Waals surface area (Å²) in [6, 6.07) is 12.5. The van der Waals surface area contributed by atoms with Gasteiger partial charge in [-0.25, -0.2) is 8.42 Å². The van der Waals surface area contributed by atoms with Crippen molar-refractivity contribution in [3.05, 3.63) is 58.1 Å². The lowest BCUT2D eigenvalue weighted by atomic mass is 9.99. The quantitative estimate of drug-likeness (QED) is 0.831. The van der Waals surface area contributed by atoms with E-state index in [1.807, 2.05) is 18.2 Å². The summed E-state index contributed by atoms with van der Waals surface area (Å²) >= 11 is 3.32. The molecule has 3 rings (SSSR count). The summed E-state index contributed by atoms with van der Waals surface area (Å²) in [7, 11) is -3.50. The summed E-state index contributed by atoms with van der Waals surface area (Å²) < 4.78 is 27.6. The summed E-state index contributed by atoms with van der Waals surface area (Å²) in [4.78, 5) is 0.303. The van der Waals surface area contributed by atoms with Crippen molar-refractivity contribution in [1.29, 1.82) is 0 Å². The standard InChI is InChI=1S/C15H15BrN2O2S/c16-13-5-1-2-7-15(13)21(19,20)18-9-8-12-11(10-18)4-3-6-14(12)17/h1-7H,8-10,17H2. The summed E-state index contributed by atoms with van der Waals surface area (Å²) in [6.45, 7) is 0.814. The van der Waals surface area contributed by atoms with E-state index in [0.717, 1.165) is 16.8 Å². The van der Waals surface area contributed by atoms with E-state index >= 15 is 0 Å². The lowest BCUT2D eigenvalue weighted by Crippen LogP contribution is -2.36. The first-order valence-electron chi connectivity index (χ1n) is 6.61. The van der Waals surface area contributed by atoms with Crippen molar-refractivity contribution in [3.63, 3.8) is 0 Å². The molecule has 0 radical (unpaired) electrons. The zero-order chi connectivity index (χ0) is 15.0. The minimum absolute atomic E-state index is 0.303. The van der Waals surface area contributed by atoms with Gasteiger partial charge in [0.1, 0.15) is 0 Å². The molecule has 0 saturated heterocycles. The van der Waals surface area contributed by atoms with Crippen molar-refractivity contribution < 1.29 is 8.42 Å². The van der Waals surface area contributed by atoms with Crippen LogP contribution in [0.5, 0.6) is 0 Å². The molecule has 2 aromatic carbocycles. The van der Waals surface area contributed by atoms with Crippen LogP contribution in [0, 0.1) is 0 Å². The number of halogens is 1. The maximum atomic E-state index is 12.8. The average molecular weight is 367 g/mol. The predicted molar refractivity (Wildman–Crippen MR) is 86.3 cm³/mol. The molecule has 6 heteroatoms. The number of rotatable bonds is 2. The number of fused-ring (bicyclic) bond motifs is 1. The van der Waals surface area contributed by atoms with Crippen LogP contribution in [0.3, 0.4) is 0 Å². The Hall–Kier alpha value is -1.37. The Labute approximate surface area is 132 Å². The second kappa shape index (κ2) is 5.44. The van der Waals surface area contributed by atoms with E-state index in [4.69, 9.17) is 5.73 Å². The third-order valence-corrected chi connectivity index (χ3v) is 6.58. The van der Waals surface area contributed by atoms with E-state index in [1.54, 1.807) is 24.3 Å². The zero-order valence-corrected chi connectivity index (χ0v) is 13.7. The highest BCUT2D eigenvalue weighted by molar-refractivity contribution is 9.10. The van der Waals surface area contributed by atoms with E-state index in [1.165, 1.54) is 4.31 Å². The van der Waals surface area contributed by atoms with Crippen molar-refractivity contribution in [2.24, 2.45) is 0 Å². The SMILES string of the molecule is Nc1cccc2c1CCN(S(=O)(=O)c1ccccc1Br)C2. The van der Waals surface area contributed by atoms with Crippen molar-refractivity contribution in [2.45, 2.75) is 17.9 Å². The second-order valence-corrected chi connectivity index (χ2v) is 7.76. The van der Waals surface area contributed by atoms with Crippen LogP contribution in [0.4, 0.5) is 5.69 Å². The highest BCUT2D eigenvalue weighted by atomic mass is 79.9.